The summed E-state index contributed by atoms with van der Waals surface area (Å²) in [6.45, 7) is 2.15. The molecule has 172 valence electrons. The van der Waals surface area contributed by atoms with Gasteiger partial charge in [0.25, 0.3) is 5.91 Å². The lowest BCUT2D eigenvalue weighted by Gasteiger charge is -2.17. The van der Waals surface area contributed by atoms with Crippen LogP contribution in [-0.4, -0.2) is 35.2 Å². The second kappa shape index (κ2) is 10.2. The van der Waals surface area contributed by atoms with E-state index >= 15 is 0 Å². The molecule has 1 aliphatic heterocycles. The van der Waals surface area contributed by atoms with Crippen molar-refractivity contribution in [1.29, 1.82) is 0 Å². The van der Waals surface area contributed by atoms with E-state index in [1.807, 2.05) is 59.5 Å². The van der Waals surface area contributed by atoms with Gasteiger partial charge in [0.1, 0.15) is 0 Å². The van der Waals surface area contributed by atoms with Gasteiger partial charge >= 0.3 is 0 Å². The largest absolute Gasteiger partial charge is 0.352 e. The predicted molar refractivity (Wildman–Crippen MR) is 139 cm³/mol. The van der Waals surface area contributed by atoms with Crippen molar-refractivity contribution in [1.82, 2.24) is 9.88 Å². The summed E-state index contributed by atoms with van der Waals surface area (Å²) in [5, 5.41) is 4.27. The van der Waals surface area contributed by atoms with Crippen molar-refractivity contribution in [2.75, 3.05) is 23.7 Å². The molecule has 4 aromatic rings. The summed E-state index contributed by atoms with van der Waals surface area (Å²) in [5.41, 5.74) is 4.05. The van der Waals surface area contributed by atoms with Crippen LogP contribution in [0.25, 0.3) is 10.9 Å². The molecule has 1 aliphatic rings. The topological polar surface area (TPSA) is 54.3 Å². The summed E-state index contributed by atoms with van der Waals surface area (Å²) in [4.78, 5) is 28.4. The van der Waals surface area contributed by atoms with Gasteiger partial charge < -0.3 is 14.8 Å². The number of hydrogen-bond acceptors (Lipinski definition) is 3. The molecular weight excluding hydrogens is 442 g/mol. The van der Waals surface area contributed by atoms with Gasteiger partial charge in [-0.3, -0.25) is 9.59 Å². The molecule has 3 aromatic carbocycles. The van der Waals surface area contributed by atoms with Crippen molar-refractivity contribution in [3.8, 4) is 0 Å². The van der Waals surface area contributed by atoms with Gasteiger partial charge in [0.15, 0.2) is 0 Å². The van der Waals surface area contributed by atoms with Crippen LogP contribution in [0.15, 0.2) is 90.0 Å². The highest BCUT2D eigenvalue weighted by Gasteiger charge is 2.24. The average molecular weight is 470 g/mol. The van der Waals surface area contributed by atoms with Crippen molar-refractivity contribution in [2.45, 2.75) is 24.3 Å². The Morgan fingerprint density at radius 3 is 2.65 bits per heavy atom. The summed E-state index contributed by atoms with van der Waals surface area (Å²) in [6, 6.07) is 26.0. The fourth-order valence-electron chi connectivity index (χ4n) is 4.48. The van der Waals surface area contributed by atoms with Gasteiger partial charge in [-0.15, -0.1) is 11.8 Å². The first-order valence-electron chi connectivity index (χ1n) is 11.6. The third-order valence-electron chi connectivity index (χ3n) is 6.21. The maximum atomic E-state index is 12.9. The molecule has 0 saturated heterocycles. The molecule has 2 heterocycles. The summed E-state index contributed by atoms with van der Waals surface area (Å²) >= 11 is 1.43. The number of thioether (sulfide) groups is 1. The van der Waals surface area contributed by atoms with E-state index in [-0.39, 0.29) is 11.8 Å². The molecule has 1 aromatic heterocycles. The average Bonchev–Trinajstić information content (AvgIpc) is 3.50. The summed E-state index contributed by atoms with van der Waals surface area (Å²) in [6.07, 6.45) is 3.82. The molecule has 0 spiro atoms. The van der Waals surface area contributed by atoms with Crippen LogP contribution in [0.3, 0.4) is 0 Å². The van der Waals surface area contributed by atoms with Crippen LogP contribution in [0.2, 0.25) is 0 Å². The Morgan fingerprint density at radius 2 is 1.71 bits per heavy atom. The molecule has 0 fully saturated rings. The molecule has 0 radical (unpaired) electrons. The number of aryl methyl sites for hydroxylation is 1. The van der Waals surface area contributed by atoms with Crippen molar-refractivity contribution in [3.63, 3.8) is 0 Å². The molecule has 0 aliphatic carbocycles. The van der Waals surface area contributed by atoms with Crippen LogP contribution in [0.5, 0.6) is 0 Å². The smallest absolute Gasteiger partial charge is 0.252 e. The lowest BCUT2D eigenvalue weighted by Crippen LogP contribution is -2.30. The molecular formula is C28H27N3O2S. The van der Waals surface area contributed by atoms with Crippen LogP contribution in [0.1, 0.15) is 22.3 Å². The fraction of sp³-hybridized carbons (Fsp3) is 0.214. The van der Waals surface area contributed by atoms with Gasteiger partial charge in [-0.05, 0) is 54.1 Å². The van der Waals surface area contributed by atoms with Crippen LogP contribution >= 0.6 is 11.8 Å². The van der Waals surface area contributed by atoms with Crippen molar-refractivity contribution < 1.29 is 9.59 Å². The van der Waals surface area contributed by atoms with Gasteiger partial charge in [0.2, 0.25) is 5.91 Å². The van der Waals surface area contributed by atoms with E-state index in [0.29, 0.717) is 17.9 Å². The van der Waals surface area contributed by atoms with E-state index in [2.05, 4.69) is 40.3 Å². The number of carbonyl (C=O) groups excluding carboxylic acids is 2. The number of carbonyl (C=O) groups is 2. The molecule has 0 saturated carbocycles. The number of nitrogens with one attached hydrogen (secondary N) is 1. The van der Waals surface area contributed by atoms with E-state index in [1.54, 1.807) is 0 Å². The van der Waals surface area contributed by atoms with E-state index in [4.69, 9.17) is 0 Å². The molecule has 0 atom stereocenters. The number of para-hydroxylation sites is 2. The minimum absolute atomic E-state index is 0.0733. The van der Waals surface area contributed by atoms with E-state index < -0.39 is 0 Å². The van der Waals surface area contributed by atoms with Gasteiger partial charge in [0, 0.05) is 41.9 Å². The lowest BCUT2D eigenvalue weighted by molar-refractivity contribution is -0.116. The normalized spacial score (nSPS) is 12.6. The second-order valence-corrected chi connectivity index (χ2v) is 9.40. The van der Waals surface area contributed by atoms with E-state index in [9.17, 15) is 9.59 Å². The number of amides is 2. The Balaban J connectivity index is 1.15. The number of anilines is 1. The van der Waals surface area contributed by atoms with Gasteiger partial charge in [-0.2, -0.15) is 0 Å². The highest BCUT2D eigenvalue weighted by molar-refractivity contribution is 8.00. The maximum absolute atomic E-state index is 12.9. The first-order valence-corrected chi connectivity index (χ1v) is 12.6. The van der Waals surface area contributed by atoms with Crippen molar-refractivity contribution in [3.05, 3.63) is 96.2 Å². The third-order valence-corrected chi connectivity index (χ3v) is 7.27. The minimum Gasteiger partial charge on any atom is -0.352 e. The lowest BCUT2D eigenvalue weighted by atomic mass is 10.2. The third kappa shape index (κ3) is 4.73. The van der Waals surface area contributed by atoms with Crippen LogP contribution in [-0.2, 0) is 17.8 Å². The fourth-order valence-corrected chi connectivity index (χ4v) is 5.40. The SMILES string of the molecule is O=C(NCCCn1ccc2ccccc21)c1ccccc1SCC(=O)N1CCc2ccccc21. The molecule has 6 heteroatoms. The maximum Gasteiger partial charge on any atom is 0.252 e. The molecule has 5 nitrogen and oxygen atoms in total. The number of benzene rings is 3. The van der Waals surface area contributed by atoms with Crippen LogP contribution < -0.4 is 10.2 Å². The molecule has 2 amide bonds. The first-order chi connectivity index (χ1) is 16.7. The van der Waals surface area contributed by atoms with E-state index in [0.717, 1.165) is 36.5 Å². The van der Waals surface area contributed by atoms with Crippen molar-refractivity contribution >= 4 is 40.2 Å². The van der Waals surface area contributed by atoms with Gasteiger partial charge in [-0.25, -0.2) is 0 Å². The van der Waals surface area contributed by atoms with Gasteiger partial charge in [-0.1, -0.05) is 48.5 Å². The van der Waals surface area contributed by atoms with Gasteiger partial charge in [0.05, 0.1) is 11.3 Å². The van der Waals surface area contributed by atoms with E-state index in [1.165, 1.54) is 28.2 Å². The standard InChI is InChI=1S/C28H27N3O2S/c32-27(31-19-15-22-9-2-5-12-25(22)31)20-34-26-13-6-3-10-23(26)28(33)29-16-7-17-30-18-14-21-8-1-4-11-24(21)30/h1-6,8-14,18H,7,15-17,19-20H2,(H,29,33). The number of fused-ring (bicyclic) bond motifs is 2. The predicted octanol–water partition coefficient (Wildman–Crippen LogP) is 5.14. The Labute approximate surface area is 203 Å². The first kappa shape index (κ1) is 22.3. The van der Waals surface area contributed by atoms with Crippen LogP contribution in [0.4, 0.5) is 5.69 Å². The Kier molecular flexibility index (Phi) is 6.67. The zero-order valence-corrected chi connectivity index (χ0v) is 19.8. The number of hydrogen-bond donors (Lipinski definition) is 1. The second-order valence-electron chi connectivity index (χ2n) is 8.39. The quantitative estimate of drug-likeness (QED) is 0.287. The molecule has 5 rings (SSSR count). The molecule has 0 unspecified atom stereocenters. The molecule has 0 bridgehead atoms. The highest BCUT2D eigenvalue weighted by atomic mass is 32.2. The minimum atomic E-state index is -0.0977. The number of aromatic nitrogens is 1. The Bertz CT molecular complexity index is 1330. The zero-order chi connectivity index (χ0) is 23.3. The summed E-state index contributed by atoms with van der Waals surface area (Å²) < 4.78 is 2.22. The zero-order valence-electron chi connectivity index (χ0n) is 18.9. The monoisotopic (exact) mass is 469 g/mol. The highest BCUT2D eigenvalue weighted by Crippen LogP contribution is 2.29. The summed E-state index contributed by atoms with van der Waals surface area (Å²) in [7, 11) is 0. The molecule has 34 heavy (non-hydrogen) atoms. The summed E-state index contributed by atoms with van der Waals surface area (Å²) in [5.74, 6) is 0.280. The Hall–Kier alpha value is -3.51. The molecule has 1 N–H and O–H groups in total. The van der Waals surface area contributed by atoms with Crippen molar-refractivity contribution in [2.24, 2.45) is 0 Å². The number of rotatable bonds is 8. The number of nitrogens with zero attached hydrogens (tertiary/aromatic N) is 2. The van der Waals surface area contributed by atoms with Crippen LogP contribution in [0, 0.1) is 0 Å². The Morgan fingerprint density at radius 1 is 0.912 bits per heavy atom.